The van der Waals surface area contributed by atoms with Crippen LogP contribution < -0.4 is 16.0 Å². The van der Waals surface area contributed by atoms with E-state index in [2.05, 4.69) is 16.0 Å². The zero-order valence-electron chi connectivity index (χ0n) is 12.9. The van der Waals surface area contributed by atoms with Crippen molar-refractivity contribution in [1.82, 2.24) is 16.0 Å². The Morgan fingerprint density at radius 1 is 1.17 bits per heavy atom. The van der Waals surface area contributed by atoms with Crippen LogP contribution >= 0.6 is 0 Å². The maximum atomic E-state index is 11.8. The number of carbonyl (C=O) groups is 2. The third-order valence-corrected chi connectivity index (χ3v) is 2.89. The number of nitrogens with one attached hydrogen (secondary N) is 3. The molecule has 2 amide bonds. The Balaban J connectivity index is 2.34. The van der Waals surface area contributed by atoms with Crippen molar-refractivity contribution >= 4 is 11.8 Å². The average molecular weight is 316 g/mol. The third kappa shape index (κ3) is 7.52. The molecule has 0 unspecified atom stereocenters. The highest BCUT2D eigenvalue weighted by Gasteiger charge is 2.07. The fourth-order valence-electron chi connectivity index (χ4n) is 1.71. The highest BCUT2D eigenvalue weighted by molar-refractivity contribution is 5.97. The first-order chi connectivity index (χ1) is 11.0. The number of hydrogen-bond donors (Lipinski definition) is 4. The lowest BCUT2D eigenvalue weighted by molar-refractivity contribution is -0.119. The zero-order chi connectivity index (χ0) is 17.1. The fraction of sp³-hybridized carbons (Fsp3) is 0.312. The Bertz CT molecular complexity index is 603. The monoisotopic (exact) mass is 316 g/mol. The number of nitrogens with zero attached hydrogens (tertiary/aromatic N) is 1. The molecule has 0 aliphatic carbocycles. The van der Waals surface area contributed by atoms with E-state index in [9.17, 15) is 14.7 Å². The first kappa shape index (κ1) is 18.0. The molecule has 0 heterocycles. The molecule has 0 spiro atoms. The molecule has 0 radical (unpaired) electrons. The minimum absolute atomic E-state index is 0.0291. The van der Waals surface area contributed by atoms with Gasteiger partial charge in [0.1, 0.15) is 17.4 Å². The maximum absolute atomic E-state index is 11.8. The van der Waals surface area contributed by atoms with E-state index in [1.54, 1.807) is 24.3 Å². The molecule has 122 valence electrons. The van der Waals surface area contributed by atoms with Gasteiger partial charge in [-0.25, -0.2) is 0 Å². The highest BCUT2D eigenvalue weighted by Crippen LogP contribution is 2.09. The van der Waals surface area contributed by atoms with E-state index < -0.39 is 5.91 Å². The number of nitriles is 1. The number of amides is 2. The second-order valence-electron chi connectivity index (χ2n) is 4.78. The van der Waals surface area contributed by atoms with Crippen molar-refractivity contribution in [3.8, 4) is 11.8 Å². The number of hydrogen-bond acceptors (Lipinski definition) is 5. The molecular formula is C16H20N4O3. The number of benzene rings is 1. The van der Waals surface area contributed by atoms with Crippen molar-refractivity contribution in [3.05, 3.63) is 41.6 Å². The van der Waals surface area contributed by atoms with Crippen molar-refractivity contribution in [3.63, 3.8) is 0 Å². The second kappa shape index (κ2) is 9.84. The molecule has 0 aliphatic heterocycles. The molecule has 1 aromatic carbocycles. The van der Waals surface area contributed by atoms with E-state index in [1.807, 2.05) is 6.07 Å². The van der Waals surface area contributed by atoms with E-state index in [1.165, 1.54) is 13.1 Å². The number of phenols is 1. The average Bonchev–Trinajstić information content (AvgIpc) is 2.52. The molecule has 0 saturated carbocycles. The van der Waals surface area contributed by atoms with Crippen LogP contribution in [0.5, 0.6) is 5.75 Å². The van der Waals surface area contributed by atoms with Gasteiger partial charge in [0.25, 0.3) is 5.91 Å². The van der Waals surface area contributed by atoms with Crippen LogP contribution in [-0.2, 0) is 16.0 Å². The number of rotatable bonds is 8. The lowest BCUT2D eigenvalue weighted by Gasteiger charge is -2.06. The Hall–Kier alpha value is -3.01. The van der Waals surface area contributed by atoms with Crippen LogP contribution in [0.4, 0.5) is 0 Å². The molecule has 0 saturated heterocycles. The minimum atomic E-state index is -0.460. The quantitative estimate of drug-likeness (QED) is 0.310. The van der Waals surface area contributed by atoms with Crippen LogP contribution in [0.15, 0.2) is 36.0 Å². The molecule has 0 fully saturated rings. The van der Waals surface area contributed by atoms with Gasteiger partial charge < -0.3 is 21.1 Å². The molecule has 0 aliphatic rings. The van der Waals surface area contributed by atoms with Crippen molar-refractivity contribution < 1.29 is 14.7 Å². The predicted octanol–water partition coefficient (Wildman–Crippen LogP) is 0.184. The van der Waals surface area contributed by atoms with Crippen LogP contribution in [0, 0.1) is 11.3 Å². The van der Waals surface area contributed by atoms with Crippen LogP contribution in [0.25, 0.3) is 0 Å². The highest BCUT2D eigenvalue weighted by atomic mass is 16.3. The lowest BCUT2D eigenvalue weighted by Crippen LogP contribution is -2.30. The van der Waals surface area contributed by atoms with Gasteiger partial charge in [-0.3, -0.25) is 9.59 Å². The van der Waals surface area contributed by atoms with Crippen molar-refractivity contribution in [2.75, 3.05) is 19.6 Å². The number of aromatic hydroxyl groups is 1. The first-order valence-electron chi connectivity index (χ1n) is 7.17. The minimum Gasteiger partial charge on any atom is -0.508 e. The summed E-state index contributed by atoms with van der Waals surface area (Å²) < 4.78 is 0. The summed E-state index contributed by atoms with van der Waals surface area (Å²) in [5.74, 6) is -0.403. The summed E-state index contributed by atoms with van der Waals surface area (Å²) in [6, 6.07) is 8.52. The van der Waals surface area contributed by atoms with E-state index in [0.717, 1.165) is 5.56 Å². The summed E-state index contributed by atoms with van der Waals surface area (Å²) in [5.41, 5.74) is 0.942. The topological polar surface area (TPSA) is 114 Å². The van der Waals surface area contributed by atoms with Gasteiger partial charge in [0.2, 0.25) is 5.91 Å². The van der Waals surface area contributed by atoms with Gasteiger partial charge in [-0.15, -0.1) is 0 Å². The summed E-state index contributed by atoms with van der Waals surface area (Å²) in [6.07, 6.45) is 1.93. The van der Waals surface area contributed by atoms with Gasteiger partial charge in [-0.05, 0) is 24.1 Å². The first-order valence-corrected chi connectivity index (χ1v) is 7.17. The summed E-state index contributed by atoms with van der Waals surface area (Å²) >= 11 is 0. The van der Waals surface area contributed by atoms with Gasteiger partial charge in [0.05, 0.1) is 0 Å². The summed E-state index contributed by atoms with van der Waals surface area (Å²) in [7, 11) is 0. The summed E-state index contributed by atoms with van der Waals surface area (Å²) in [6.45, 7) is 2.63. The lowest BCUT2D eigenvalue weighted by atomic mass is 10.1. The van der Waals surface area contributed by atoms with Crippen molar-refractivity contribution in [2.45, 2.75) is 13.3 Å². The largest absolute Gasteiger partial charge is 0.508 e. The van der Waals surface area contributed by atoms with Gasteiger partial charge in [-0.1, -0.05) is 12.1 Å². The van der Waals surface area contributed by atoms with E-state index in [4.69, 9.17) is 5.26 Å². The molecule has 0 aromatic heterocycles. The maximum Gasteiger partial charge on any atom is 0.263 e. The number of phenolic OH excluding ortho intramolecular Hbond substituents is 1. The Morgan fingerprint density at radius 3 is 2.48 bits per heavy atom. The van der Waals surface area contributed by atoms with Gasteiger partial charge in [0, 0.05) is 32.8 Å². The molecule has 0 atom stereocenters. The molecule has 1 rings (SSSR count). The molecule has 7 heteroatoms. The van der Waals surface area contributed by atoms with E-state index in [-0.39, 0.29) is 17.2 Å². The number of carbonyl (C=O) groups excluding carboxylic acids is 2. The van der Waals surface area contributed by atoms with Crippen molar-refractivity contribution in [1.29, 1.82) is 5.26 Å². The Labute approximate surface area is 135 Å². The third-order valence-electron chi connectivity index (χ3n) is 2.89. The standard InChI is InChI=1S/C16H20N4O3/c1-12(21)19-9-8-18-11-14(10-17)16(23)20-7-6-13-2-4-15(22)5-3-13/h2-5,11,18,22H,6-9H2,1H3,(H,19,21)(H,20,23)/b14-11-. The van der Waals surface area contributed by atoms with E-state index in [0.29, 0.717) is 26.1 Å². The molecule has 4 N–H and O–H groups in total. The van der Waals surface area contributed by atoms with Crippen LogP contribution in [0.3, 0.4) is 0 Å². The van der Waals surface area contributed by atoms with Crippen molar-refractivity contribution in [2.24, 2.45) is 0 Å². The van der Waals surface area contributed by atoms with Crippen LogP contribution in [0.2, 0.25) is 0 Å². The molecule has 1 aromatic rings. The Kier molecular flexibility index (Phi) is 7.72. The SMILES string of the molecule is CC(=O)NCCN/C=C(/C#N)C(=O)NCCc1ccc(O)cc1. The van der Waals surface area contributed by atoms with Gasteiger partial charge in [0.15, 0.2) is 0 Å². The Morgan fingerprint density at radius 2 is 1.87 bits per heavy atom. The molecular weight excluding hydrogens is 296 g/mol. The molecule has 7 nitrogen and oxygen atoms in total. The zero-order valence-corrected chi connectivity index (χ0v) is 12.9. The summed E-state index contributed by atoms with van der Waals surface area (Å²) in [5, 5.41) is 26.2. The molecule has 0 bridgehead atoms. The smallest absolute Gasteiger partial charge is 0.263 e. The van der Waals surface area contributed by atoms with Crippen LogP contribution in [-0.4, -0.2) is 36.6 Å². The van der Waals surface area contributed by atoms with Gasteiger partial charge in [-0.2, -0.15) is 5.26 Å². The second-order valence-corrected chi connectivity index (χ2v) is 4.78. The predicted molar refractivity (Wildman–Crippen MR) is 85.2 cm³/mol. The normalized spacial score (nSPS) is 10.5. The molecule has 23 heavy (non-hydrogen) atoms. The fourth-order valence-corrected chi connectivity index (χ4v) is 1.71. The van der Waals surface area contributed by atoms with Gasteiger partial charge >= 0.3 is 0 Å². The van der Waals surface area contributed by atoms with E-state index >= 15 is 0 Å². The van der Waals surface area contributed by atoms with Crippen LogP contribution in [0.1, 0.15) is 12.5 Å². The summed E-state index contributed by atoms with van der Waals surface area (Å²) in [4.78, 5) is 22.5.